The van der Waals surface area contributed by atoms with Crippen molar-refractivity contribution in [1.82, 2.24) is 16.4 Å². The van der Waals surface area contributed by atoms with Crippen LogP contribution in [0.5, 0.6) is 0 Å². The lowest BCUT2D eigenvalue weighted by Crippen LogP contribution is -2.30. The maximum Gasteiger partial charge on any atom is 0.517 e. The van der Waals surface area contributed by atoms with Gasteiger partial charge in [0.05, 0.1) is 39.6 Å². The van der Waals surface area contributed by atoms with E-state index in [1.165, 1.54) is 0 Å². The Kier molecular flexibility index (Phi) is 16.7. The number of hydrogen-bond donors (Lipinski definition) is 3. The molecule has 0 heterocycles. The first-order valence-corrected chi connectivity index (χ1v) is 7.74. The Balaban J connectivity index is 3.17. The lowest BCUT2D eigenvalue weighted by molar-refractivity contribution is -0.209. The summed E-state index contributed by atoms with van der Waals surface area (Å²) < 4.78 is 19.2. The zero-order valence-electron chi connectivity index (χ0n) is 14.1. The van der Waals surface area contributed by atoms with E-state index in [2.05, 4.69) is 25.9 Å². The summed E-state index contributed by atoms with van der Waals surface area (Å²) in [4.78, 5) is 31.5. The molecule has 0 rings (SSSR count). The molecule has 142 valence electrons. The van der Waals surface area contributed by atoms with Gasteiger partial charge in [-0.3, -0.25) is 4.84 Å². The predicted octanol–water partition coefficient (Wildman–Crippen LogP) is 0.270. The second kappa shape index (κ2) is 17.8. The molecule has 0 aromatic rings. The van der Waals surface area contributed by atoms with Crippen molar-refractivity contribution < 1.29 is 38.3 Å². The fraction of sp³-hybridized carbons (Fsp3) is 0.846. The molecule has 1 amide bonds. The second-order valence-electron chi connectivity index (χ2n) is 4.15. The monoisotopic (exact) mass is 353 g/mol. The predicted molar refractivity (Wildman–Crippen MR) is 81.6 cm³/mol. The van der Waals surface area contributed by atoms with Gasteiger partial charge in [-0.25, -0.2) is 9.59 Å². The average molecular weight is 353 g/mol. The fourth-order valence-electron chi connectivity index (χ4n) is 1.17. The molecule has 24 heavy (non-hydrogen) atoms. The van der Waals surface area contributed by atoms with Gasteiger partial charge in [0.25, 0.3) is 0 Å². The van der Waals surface area contributed by atoms with Crippen LogP contribution >= 0.6 is 0 Å². The molecule has 0 unspecified atom stereocenters. The molecule has 0 bridgehead atoms. The van der Waals surface area contributed by atoms with Gasteiger partial charge in [-0.05, 0) is 13.3 Å². The third-order valence-corrected chi connectivity index (χ3v) is 2.15. The van der Waals surface area contributed by atoms with E-state index < -0.39 is 12.2 Å². The summed E-state index contributed by atoms with van der Waals surface area (Å²) in [6.07, 6.45) is -1.02. The van der Waals surface area contributed by atoms with Gasteiger partial charge in [0.15, 0.2) is 0 Å². The molecule has 11 nitrogen and oxygen atoms in total. The average Bonchev–Trinajstić information content (AvgIpc) is 2.55. The van der Waals surface area contributed by atoms with E-state index in [0.29, 0.717) is 33.0 Å². The van der Waals surface area contributed by atoms with Crippen LogP contribution in [0.4, 0.5) is 9.59 Å². The van der Waals surface area contributed by atoms with E-state index >= 15 is 0 Å². The van der Waals surface area contributed by atoms with E-state index in [0.717, 1.165) is 6.42 Å². The second-order valence-corrected chi connectivity index (χ2v) is 4.15. The van der Waals surface area contributed by atoms with E-state index in [9.17, 15) is 9.59 Å². The molecule has 0 aromatic heterocycles. The number of carbonyl (C=O) groups excluding carboxylic acids is 2. The quantitative estimate of drug-likeness (QED) is 0.163. The van der Waals surface area contributed by atoms with Crippen molar-refractivity contribution in [2.24, 2.45) is 0 Å². The Labute approximate surface area is 141 Å². The summed E-state index contributed by atoms with van der Waals surface area (Å²) in [6.45, 7) is 6.44. The highest BCUT2D eigenvalue weighted by molar-refractivity contribution is 5.80. The summed E-state index contributed by atoms with van der Waals surface area (Å²) in [6, 6.07) is 0. The van der Waals surface area contributed by atoms with Crippen molar-refractivity contribution in [3.05, 3.63) is 0 Å². The molecule has 0 aliphatic heterocycles. The number of carbonyl (C=O) groups is 2. The van der Waals surface area contributed by atoms with E-state index in [1.807, 2.05) is 6.92 Å². The summed E-state index contributed by atoms with van der Waals surface area (Å²) in [7, 11) is 0. The van der Waals surface area contributed by atoms with Crippen LogP contribution in [0.25, 0.3) is 0 Å². The first kappa shape index (κ1) is 22.5. The third-order valence-electron chi connectivity index (χ3n) is 2.15. The maximum absolute atomic E-state index is 11.1. The van der Waals surface area contributed by atoms with E-state index in [1.54, 1.807) is 6.92 Å². The number of nitrogens with one attached hydrogen (secondary N) is 3. The zero-order chi connectivity index (χ0) is 17.9. The van der Waals surface area contributed by atoms with Crippen LogP contribution in [0.2, 0.25) is 0 Å². The van der Waals surface area contributed by atoms with Crippen LogP contribution in [0.15, 0.2) is 0 Å². The van der Waals surface area contributed by atoms with Crippen molar-refractivity contribution >= 4 is 12.2 Å². The fourth-order valence-corrected chi connectivity index (χ4v) is 1.17. The Bertz CT molecular complexity index is 320. The van der Waals surface area contributed by atoms with Gasteiger partial charge >= 0.3 is 12.2 Å². The summed E-state index contributed by atoms with van der Waals surface area (Å²) in [5.74, 6) is 0. The highest BCUT2D eigenvalue weighted by Crippen LogP contribution is 1.86. The van der Waals surface area contributed by atoms with Crippen LogP contribution in [0.1, 0.15) is 20.3 Å². The standard InChI is InChI=1S/C13H27N3O8/c1-3-7-22-16-24-15-6-9-20-11-10-19-8-5-14-12(17)23-13(18)21-4-2/h15-16H,3-11H2,1-2H3,(H,14,17). The van der Waals surface area contributed by atoms with E-state index in [4.69, 9.17) is 19.2 Å². The van der Waals surface area contributed by atoms with Gasteiger partial charge in [-0.15, -0.1) is 0 Å². The molecule has 11 heteroatoms. The molecule has 0 saturated carbocycles. The minimum absolute atomic E-state index is 0.139. The normalized spacial score (nSPS) is 10.4. The molecule has 0 aliphatic rings. The number of hydrogen-bond acceptors (Lipinski definition) is 10. The van der Waals surface area contributed by atoms with Crippen LogP contribution in [-0.2, 0) is 28.7 Å². The molecule has 0 fully saturated rings. The largest absolute Gasteiger partial charge is 0.517 e. The first-order chi connectivity index (χ1) is 11.7. The maximum atomic E-state index is 11.1. The summed E-state index contributed by atoms with van der Waals surface area (Å²) in [5, 5.41) is 2.34. The number of amides is 1. The highest BCUT2D eigenvalue weighted by Gasteiger charge is 2.09. The zero-order valence-corrected chi connectivity index (χ0v) is 14.1. The topological polar surface area (TPSA) is 126 Å². The molecule has 0 saturated heterocycles. The molecule has 0 aliphatic carbocycles. The van der Waals surface area contributed by atoms with Gasteiger partial charge in [-0.2, -0.15) is 10.4 Å². The SMILES string of the molecule is CCCONONCCOCCOCCNC(=O)OC(=O)OCC. The van der Waals surface area contributed by atoms with Crippen LogP contribution < -0.4 is 16.4 Å². The summed E-state index contributed by atoms with van der Waals surface area (Å²) >= 11 is 0. The first-order valence-electron chi connectivity index (χ1n) is 7.74. The molecular weight excluding hydrogens is 326 g/mol. The Morgan fingerprint density at radius 1 is 0.917 bits per heavy atom. The van der Waals surface area contributed by atoms with Gasteiger partial charge < -0.3 is 24.3 Å². The molecule has 0 aromatic carbocycles. The minimum atomic E-state index is -1.03. The van der Waals surface area contributed by atoms with Crippen LogP contribution in [0, 0.1) is 0 Å². The van der Waals surface area contributed by atoms with Gasteiger partial charge in [0.1, 0.15) is 0 Å². The summed E-state index contributed by atoms with van der Waals surface area (Å²) in [5.41, 5.74) is 4.87. The van der Waals surface area contributed by atoms with Crippen LogP contribution in [-0.4, -0.2) is 65.0 Å². The van der Waals surface area contributed by atoms with Gasteiger partial charge in [0.2, 0.25) is 0 Å². The Morgan fingerprint density at radius 2 is 1.62 bits per heavy atom. The van der Waals surface area contributed by atoms with Gasteiger partial charge in [0, 0.05) is 13.1 Å². The van der Waals surface area contributed by atoms with Crippen molar-refractivity contribution in [2.75, 3.05) is 52.7 Å². The molecule has 0 radical (unpaired) electrons. The van der Waals surface area contributed by atoms with Crippen molar-refractivity contribution in [2.45, 2.75) is 20.3 Å². The number of ether oxygens (including phenoxy) is 4. The van der Waals surface area contributed by atoms with Crippen molar-refractivity contribution in [3.8, 4) is 0 Å². The lowest BCUT2D eigenvalue weighted by Gasteiger charge is -2.08. The Morgan fingerprint density at radius 3 is 2.29 bits per heavy atom. The minimum Gasteiger partial charge on any atom is -0.434 e. The molecule has 0 atom stereocenters. The number of alkyl carbamates (subject to hydrolysis) is 1. The number of rotatable bonds is 15. The van der Waals surface area contributed by atoms with Gasteiger partial charge in [-0.1, -0.05) is 12.6 Å². The van der Waals surface area contributed by atoms with Crippen LogP contribution in [0.3, 0.4) is 0 Å². The molecule has 0 spiro atoms. The Hall–Kier alpha value is -1.50. The van der Waals surface area contributed by atoms with E-state index in [-0.39, 0.29) is 19.8 Å². The molecule has 3 N–H and O–H groups in total. The number of hydroxylamine groups is 1. The lowest BCUT2D eigenvalue weighted by atomic mass is 10.5. The van der Waals surface area contributed by atoms with Crippen molar-refractivity contribution in [1.29, 1.82) is 0 Å². The van der Waals surface area contributed by atoms with Crippen molar-refractivity contribution in [3.63, 3.8) is 0 Å². The third kappa shape index (κ3) is 16.9. The molecular formula is C13H27N3O8. The smallest absolute Gasteiger partial charge is 0.434 e. The highest BCUT2D eigenvalue weighted by atomic mass is 17.0.